The second-order valence-electron chi connectivity index (χ2n) is 3.31. The lowest BCUT2D eigenvalue weighted by Gasteiger charge is -2.20. The molecular weight excluding hydrogens is 172 g/mol. The van der Waals surface area contributed by atoms with Crippen LogP contribution in [0.2, 0.25) is 0 Å². The van der Waals surface area contributed by atoms with Crippen LogP contribution in [-0.2, 0) is 14.3 Å². The SMILES string of the molecule is CCOC(=O)C1(C(=O)O)CCCC1. The van der Waals surface area contributed by atoms with Crippen molar-refractivity contribution < 1.29 is 19.4 Å². The predicted molar refractivity (Wildman–Crippen MR) is 45.2 cm³/mol. The summed E-state index contributed by atoms with van der Waals surface area (Å²) in [6.45, 7) is 1.93. The van der Waals surface area contributed by atoms with Crippen LogP contribution in [0.15, 0.2) is 0 Å². The van der Waals surface area contributed by atoms with Crippen LogP contribution >= 0.6 is 0 Å². The molecule has 0 unspecified atom stereocenters. The van der Waals surface area contributed by atoms with E-state index in [1.165, 1.54) is 0 Å². The van der Waals surface area contributed by atoms with E-state index in [2.05, 4.69) is 0 Å². The lowest BCUT2D eigenvalue weighted by molar-refractivity contribution is -0.168. The second-order valence-corrected chi connectivity index (χ2v) is 3.31. The molecule has 1 N–H and O–H groups in total. The molecule has 1 fully saturated rings. The molecule has 4 nitrogen and oxygen atoms in total. The predicted octanol–water partition coefficient (Wildman–Crippen LogP) is 1.19. The van der Waals surface area contributed by atoms with Crippen LogP contribution in [0.1, 0.15) is 32.6 Å². The third-order valence-corrected chi connectivity index (χ3v) is 2.53. The van der Waals surface area contributed by atoms with Crippen molar-refractivity contribution in [2.24, 2.45) is 5.41 Å². The van der Waals surface area contributed by atoms with Crippen molar-refractivity contribution >= 4 is 11.9 Å². The van der Waals surface area contributed by atoms with Crippen LogP contribution in [0.25, 0.3) is 0 Å². The highest BCUT2D eigenvalue weighted by Crippen LogP contribution is 2.39. The minimum Gasteiger partial charge on any atom is -0.480 e. The van der Waals surface area contributed by atoms with Gasteiger partial charge in [0.1, 0.15) is 0 Å². The smallest absolute Gasteiger partial charge is 0.323 e. The molecule has 0 saturated heterocycles. The Bertz CT molecular complexity index is 216. The van der Waals surface area contributed by atoms with E-state index in [1.807, 2.05) is 0 Å². The average molecular weight is 186 g/mol. The number of carbonyl (C=O) groups excluding carboxylic acids is 1. The number of carbonyl (C=O) groups is 2. The third-order valence-electron chi connectivity index (χ3n) is 2.53. The first kappa shape index (κ1) is 10.0. The summed E-state index contributed by atoms with van der Waals surface area (Å²) in [5, 5.41) is 8.96. The van der Waals surface area contributed by atoms with Gasteiger partial charge in [0.15, 0.2) is 5.41 Å². The van der Waals surface area contributed by atoms with Crippen molar-refractivity contribution in [2.45, 2.75) is 32.6 Å². The minimum absolute atomic E-state index is 0.244. The maximum Gasteiger partial charge on any atom is 0.323 e. The Labute approximate surface area is 76.9 Å². The number of hydrogen-bond donors (Lipinski definition) is 1. The zero-order valence-corrected chi connectivity index (χ0v) is 7.71. The summed E-state index contributed by atoms with van der Waals surface area (Å²) >= 11 is 0. The molecule has 0 aromatic carbocycles. The summed E-state index contributed by atoms with van der Waals surface area (Å²) in [5.41, 5.74) is -1.24. The summed E-state index contributed by atoms with van der Waals surface area (Å²) in [7, 11) is 0. The molecule has 1 rings (SSSR count). The zero-order chi connectivity index (χ0) is 9.90. The lowest BCUT2D eigenvalue weighted by atomic mass is 9.86. The number of esters is 1. The molecule has 0 atom stereocenters. The molecule has 0 bridgehead atoms. The second kappa shape index (κ2) is 3.77. The highest BCUT2D eigenvalue weighted by Gasteiger charge is 2.49. The molecule has 0 spiro atoms. The molecule has 1 aliphatic rings. The van der Waals surface area contributed by atoms with Gasteiger partial charge in [0.05, 0.1) is 6.61 Å². The number of hydrogen-bond acceptors (Lipinski definition) is 3. The van der Waals surface area contributed by atoms with Crippen LogP contribution in [0, 0.1) is 5.41 Å². The van der Waals surface area contributed by atoms with Crippen molar-refractivity contribution in [1.29, 1.82) is 0 Å². The van der Waals surface area contributed by atoms with Crippen LogP contribution in [0.3, 0.4) is 0 Å². The Kier molecular flexibility index (Phi) is 2.90. The molecule has 0 aromatic heterocycles. The van der Waals surface area contributed by atoms with E-state index in [0.29, 0.717) is 12.8 Å². The fourth-order valence-electron chi connectivity index (χ4n) is 1.75. The van der Waals surface area contributed by atoms with Crippen molar-refractivity contribution in [1.82, 2.24) is 0 Å². The van der Waals surface area contributed by atoms with Gasteiger partial charge in [-0.15, -0.1) is 0 Å². The van der Waals surface area contributed by atoms with Crippen molar-refractivity contribution in [3.8, 4) is 0 Å². The molecule has 13 heavy (non-hydrogen) atoms. The van der Waals surface area contributed by atoms with E-state index in [0.717, 1.165) is 12.8 Å². The van der Waals surface area contributed by atoms with Crippen LogP contribution in [0.5, 0.6) is 0 Å². The Balaban J connectivity index is 2.78. The van der Waals surface area contributed by atoms with Gasteiger partial charge in [0.25, 0.3) is 0 Å². The average Bonchev–Trinajstić information content (AvgIpc) is 2.53. The first-order valence-corrected chi connectivity index (χ1v) is 4.54. The Morgan fingerprint density at radius 1 is 1.38 bits per heavy atom. The van der Waals surface area contributed by atoms with Crippen molar-refractivity contribution in [2.75, 3.05) is 6.61 Å². The third kappa shape index (κ3) is 1.66. The standard InChI is InChI=1S/C9H14O4/c1-2-13-8(12)9(7(10)11)5-3-4-6-9/h2-6H2,1H3,(H,10,11). The monoisotopic (exact) mass is 186 g/mol. The van der Waals surface area contributed by atoms with Crippen molar-refractivity contribution in [3.05, 3.63) is 0 Å². The highest BCUT2D eigenvalue weighted by atomic mass is 16.5. The van der Waals surface area contributed by atoms with Crippen LogP contribution < -0.4 is 0 Å². The summed E-state index contributed by atoms with van der Waals surface area (Å²) in [6.07, 6.45) is 2.43. The van der Waals surface area contributed by atoms with Crippen LogP contribution in [0.4, 0.5) is 0 Å². The molecule has 1 saturated carbocycles. The maximum absolute atomic E-state index is 11.4. The fraction of sp³-hybridized carbons (Fsp3) is 0.778. The summed E-state index contributed by atoms with van der Waals surface area (Å²) in [5.74, 6) is -1.61. The number of rotatable bonds is 3. The van der Waals surface area contributed by atoms with Crippen molar-refractivity contribution in [3.63, 3.8) is 0 Å². The molecule has 0 amide bonds. The molecule has 0 aliphatic heterocycles. The van der Waals surface area contributed by atoms with E-state index in [9.17, 15) is 9.59 Å². The molecule has 4 heteroatoms. The van der Waals surface area contributed by atoms with E-state index >= 15 is 0 Å². The van der Waals surface area contributed by atoms with Gasteiger partial charge in [0.2, 0.25) is 0 Å². The number of carboxylic acid groups (broad SMARTS) is 1. The number of aliphatic carboxylic acids is 1. The quantitative estimate of drug-likeness (QED) is 0.531. The first-order valence-electron chi connectivity index (χ1n) is 4.54. The van der Waals surface area contributed by atoms with E-state index in [4.69, 9.17) is 9.84 Å². The van der Waals surface area contributed by atoms with Gasteiger partial charge in [-0.05, 0) is 19.8 Å². The normalized spacial score (nSPS) is 19.8. The Morgan fingerprint density at radius 3 is 2.31 bits per heavy atom. The molecule has 0 heterocycles. The zero-order valence-electron chi connectivity index (χ0n) is 7.71. The summed E-state index contributed by atoms with van der Waals surface area (Å²) in [4.78, 5) is 22.3. The van der Waals surface area contributed by atoms with Gasteiger partial charge in [-0.3, -0.25) is 9.59 Å². The molecule has 1 aliphatic carbocycles. The largest absolute Gasteiger partial charge is 0.480 e. The molecule has 74 valence electrons. The summed E-state index contributed by atoms with van der Waals surface area (Å²) < 4.78 is 4.77. The van der Waals surface area contributed by atoms with Crippen LogP contribution in [-0.4, -0.2) is 23.7 Å². The van der Waals surface area contributed by atoms with E-state index in [-0.39, 0.29) is 6.61 Å². The van der Waals surface area contributed by atoms with Gasteiger partial charge in [-0.25, -0.2) is 0 Å². The van der Waals surface area contributed by atoms with Gasteiger partial charge in [-0.1, -0.05) is 12.8 Å². The van der Waals surface area contributed by atoms with E-state index < -0.39 is 17.4 Å². The summed E-state index contributed by atoms with van der Waals surface area (Å²) in [6, 6.07) is 0. The molecule has 0 aromatic rings. The Hall–Kier alpha value is -1.06. The lowest BCUT2D eigenvalue weighted by Crippen LogP contribution is -2.38. The van der Waals surface area contributed by atoms with Gasteiger partial charge in [0, 0.05) is 0 Å². The first-order chi connectivity index (χ1) is 6.13. The Morgan fingerprint density at radius 2 is 1.92 bits per heavy atom. The number of carboxylic acids is 1. The molecule has 0 radical (unpaired) electrons. The maximum atomic E-state index is 11.4. The number of ether oxygens (including phenoxy) is 1. The highest BCUT2D eigenvalue weighted by molar-refractivity contribution is 5.99. The van der Waals surface area contributed by atoms with E-state index in [1.54, 1.807) is 6.92 Å². The van der Waals surface area contributed by atoms with Gasteiger partial charge < -0.3 is 9.84 Å². The molecular formula is C9H14O4. The fourth-order valence-corrected chi connectivity index (χ4v) is 1.75. The van der Waals surface area contributed by atoms with Gasteiger partial charge in [-0.2, -0.15) is 0 Å². The topological polar surface area (TPSA) is 63.6 Å². The minimum atomic E-state index is -1.24. The van der Waals surface area contributed by atoms with Gasteiger partial charge >= 0.3 is 11.9 Å².